The fourth-order valence-electron chi connectivity index (χ4n) is 2.57. The molecular formula is C16H19N3OS. The summed E-state index contributed by atoms with van der Waals surface area (Å²) in [6.45, 7) is 4.62. The van der Waals surface area contributed by atoms with E-state index in [0.29, 0.717) is 0 Å². The molecule has 0 aromatic carbocycles. The SMILES string of the molecule is O=C(c1cccs1)N1CCN(CCc2ccncc2)CC1. The van der Waals surface area contributed by atoms with Gasteiger partial charge in [0.2, 0.25) is 0 Å². The van der Waals surface area contributed by atoms with E-state index in [-0.39, 0.29) is 5.91 Å². The van der Waals surface area contributed by atoms with Gasteiger partial charge in [-0.3, -0.25) is 14.7 Å². The standard InChI is InChI=1S/C16H19N3OS/c20-16(15-2-1-13-21-15)19-11-9-18(10-12-19)8-5-14-3-6-17-7-4-14/h1-4,6-7,13H,5,8-12H2. The van der Waals surface area contributed by atoms with Gasteiger partial charge in [0.05, 0.1) is 4.88 Å². The zero-order valence-corrected chi connectivity index (χ0v) is 12.8. The maximum atomic E-state index is 12.3. The lowest BCUT2D eigenvalue weighted by atomic mass is 10.2. The molecule has 1 aliphatic heterocycles. The largest absolute Gasteiger partial charge is 0.335 e. The molecule has 0 spiro atoms. The fraction of sp³-hybridized carbons (Fsp3) is 0.375. The van der Waals surface area contributed by atoms with E-state index in [1.807, 2.05) is 34.8 Å². The van der Waals surface area contributed by atoms with Gasteiger partial charge in [-0.1, -0.05) is 6.07 Å². The third-order valence-electron chi connectivity index (χ3n) is 3.86. The zero-order valence-electron chi connectivity index (χ0n) is 11.9. The Hall–Kier alpha value is -1.72. The van der Waals surface area contributed by atoms with E-state index < -0.39 is 0 Å². The quantitative estimate of drug-likeness (QED) is 0.868. The minimum Gasteiger partial charge on any atom is -0.335 e. The van der Waals surface area contributed by atoms with Crippen molar-refractivity contribution < 1.29 is 4.79 Å². The van der Waals surface area contributed by atoms with Gasteiger partial charge in [-0.05, 0) is 35.6 Å². The van der Waals surface area contributed by atoms with Crippen LogP contribution in [0.5, 0.6) is 0 Å². The predicted octanol–water partition coefficient (Wildman–Crippen LogP) is 2.14. The van der Waals surface area contributed by atoms with Crippen LogP contribution in [0.1, 0.15) is 15.2 Å². The maximum Gasteiger partial charge on any atom is 0.264 e. The van der Waals surface area contributed by atoms with Crippen molar-refractivity contribution in [3.63, 3.8) is 0 Å². The summed E-state index contributed by atoms with van der Waals surface area (Å²) in [4.78, 5) is 21.5. The van der Waals surface area contributed by atoms with Crippen molar-refractivity contribution in [1.29, 1.82) is 0 Å². The Labute approximate surface area is 129 Å². The highest BCUT2D eigenvalue weighted by Gasteiger charge is 2.22. The molecule has 0 unspecified atom stereocenters. The number of pyridine rings is 1. The van der Waals surface area contributed by atoms with Crippen LogP contribution < -0.4 is 0 Å². The van der Waals surface area contributed by atoms with E-state index in [4.69, 9.17) is 0 Å². The van der Waals surface area contributed by atoms with Crippen molar-refractivity contribution in [2.45, 2.75) is 6.42 Å². The molecule has 0 bridgehead atoms. The number of piperazine rings is 1. The molecule has 3 heterocycles. The summed E-state index contributed by atoms with van der Waals surface area (Å²) >= 11 is 1.52. The molecule has 3 rings (SSSR count). The number of aromatic nitrogens is 1. The molecule has 0 atom stereocenters. The van der Waals surface area contributed by atoms with E-state index in [0.717, 1.165) is 44.0 Å². The monoisotopic (exact) mass is 301 g/mol. The van der Waals surface area contributed by atoms with Gasteiger partial charge in [-0.25, -0.2) is 0 Å². The molecule has 1 fully saturated rings. The predicted molar refractivity (Wildman–Crippen MR) is 84.6 cm³/mol. The molecule has 0 N–H and O–H groups in total. The lowest BCUT2D eigenvalue weighted by Gasteiger charge is -2.34. The first kappa shape index (κ1) is 14.2. The number of nitrogens with zero attached hydrogens (tertiary/aromatic N) is 3. The minimum absolute atomic E-state index is 0.179. The minimum atomic E-state index is 0.179. The van der Waals surface area contributed by atoms with E-state index in [1.54, 1.807) is 0 Å². The van der Waals surface area contributed by atoms with Crippen molar-refractivity contribution >= 4 is 17.2 Å². The van der Waals surface area contributed by atoms with Crippen molar-refractivity contribution in [1.82, 2.24) is 14.8 Å². The molecule has 0 radical (unpaired) electrons. The molecule has 0 aliphatic carbocycles. The van der Waals surface area contributed by atoms with Crippen LogP contribution in [0.2, 0.25) is 0 Å². The number of hydrogen-bond acceptors (Lipinski definition) is 4. The van der Waals surface area contributed by atoms with E-state index in [2.05, 4.69) is 22.0 Å². The van der Waals surface area contributed by atoms with Crippen LogP contribution in [0, 0.1) is 0 Å². The van der Waals surface area contributed by atoms with Gasteiger partial charge in [-0.15, -0.1) is 11.3 Å². The van der Waals surface area contributed by atoms with Crippen LogP contribution in [0.25, 0.3) is 0 Å². The topological polar surface area (TPSA) is 36.4 Å². The summed E-state index contributed by atoms with van der Waals surface area (Å²) in [6, 6.07) is 7.97. The number of hydrogen-bond donors (Lipinski definition) is 0. The summed E-state index contributed by atoms with van der Waals surface area (Å²) in [7, 11) is 0. The molecular weight excluding hydrogens is 282 g/mol. The molecule has 2 aromatic heterocycles. The summed E-state index contributed by atoms with van der Waals surface area (Å²) in [6.07, 6.45) is 4.72. The zero-order chi connectivity index (χ0) is 14.5. The number of thiophene rings is 1. The first-order chi connectivity index (χ1) is 10.3. The van der Waals surface area contributed by atoms with Crippen molar-refractivity contribution in [3.05, 3.63) is 52.5 Å². The van der Waals surface area contributed by atoms with Crippen molar-refractivity contribution in [2.24, 2.45) is 0 Å². The molecule has 21 heavy (non-hydrogen) atoms. The number of carbonyl (C=O) groups is 1. The second-order valence-corrected chi connectivity index (χ2v) is 6.16. The molecule has 0 saturated carbocycles. The molecule has 1 aliphatic rings. The average Bonchev–Trinajstić information content (AvgIpc) is 3.08. The van der Waals surface area contributed by atoms with Crippen LogP contribution in [0.15, 0.2) is 42.0 Å². The van der Waals surface area contributed by atoms with Crippen LogP contribution in [0.3, 0.4) is 0 Å². The second-order valence-electron chi connectivity index (χ2n) is 5.22. The Kier molecular flexibility index (Phi) is 4.62. The summed E-state index contributed by atoms with van der Waals surface area (Å²) < 4.78 is 0. The van der Waals surface area contributed by atoms with Crippen LogP contribution in [0.4, 0.5) is 0 Å². The maximum absolute atomic E-state index is 12.3. The summed E-state index contributed by atoms with van der Waals surface area (Å²) in [5, 5.41) is 1.96. The molecule has 110 valence electrons. The lowest BCUT2D eigenvalue weighted by molar-refractivity contribution is 0.0643. The Morgan fingerprint density at radius 1 is 1.14 bits per heavy atom. The van der Waals surface area contributed by atoms with Crippen LogP contribution >= 0.6 is 11.3 Å². The average molecular weight is 301 g/mol. The van der Waals surface area contributed by atoms with Gasteiger partial charge in [0.25, 0.3) is 5.91 Å². The lowest BCUT2D eigenvalue weighted by Crippen LogP contribution is -2.48. The van der Waals surface area contributed by atoms with E-state index in [1.165, 1.54) is 16.9 Å². The third-order valence-corrected chi connectivity index (χ3v) is 4.72. The van der Waals surface area contributed by atoms with Gasteiger partial charge in [0.15, 0.2) is 0 Å². The highest BCUT2D eigenvalue weighted by Crippen LogP contribution is 2.14. The number of amides is 1. The molecule has 4 nitrogen and oxygen atoms in total. The number of rotatable bonds is 4. The third kappa shape index (κ3) is 3.68. The van der Waals surface area contributed by atoms with Gasteiger partial charge in [0.1, 0.15) is 0 Å². The first-order valence-corrected chi connectivity index (χ1v) is 8.15. The van der Waals surface area contributed by atoms with Gasteiger partial charge >= 0.3 is 0 Å². The van der Waals surface area contributed by atoms with Crippen molar-refractivity contribution in [2.75, 3.05) is 32.7 Å². The normalized spacial score (nSPS) is 16.1. The Morgan fingerprint density at radius 2 is 1.90 bits per heavy atom. The van der Waals surface area contributed by atoms with Crippen LogP contribution in [-0.4, -0.2) is 53.4 Å². The first-order valence-electron chi connectivity index (χ1n) is 7.27. The molecule has 1 amide bonds. The van der Waals surface area contributed by atoms with E-state index in [9.17, 15) is 4.79 Å². The van der Waals surface area contributed by atoms with Crippen LogP contribution in [-0.2, 0) is 6.42 Å². The molecule has 5 heteroatoms. The van der Waals surface area contributed by atoms with Gasteiger partial charge < -0.3 is 4.90 Å². The van der Waals surface area contributed by atoms with Crippen molar-refractivity contribution in [3.8, 4) is 0 Å². The summed E-state index contributed by atoms with van der Waals surface area (Å²) in [5.74, 6) is 0.179. The summed E-state index contributed by atoms with van der Waals surface area (Å²) in [5.41, 5.74) is 1.32. The number of carbonyl (C=O) groups excluding carboxylic acids is 1. The Morgan fingerprint density at radius 3 is 2.57 bits per heavy atom. The Bertz CT molecular complexity index is 562. The smallest absolute Gasteiger partial charge is 0.264 e. The second kappa shape index (κ2) is 6.83. The Balaban J connectivity index is 1.46. The van der Waals surface area contributed by atoms with E-state index >= 15 is 0 Å². The molecule has 1 saturated heterocycles. The highest BCUT2D eigenvalue weighted by atomic mass is 32.1. The molecule has 2 aromatic rings. The fourth-order valence-corrected chi connectivity index (χ4v) is 3.26. The van der Waals surface area contributed by atoms with Gasteiger partial charge in [0, 0.05) is 45.1 Å². The van der Waals surface area contributed by atoms with Gasteiger partial charge in [-0.2, -0.15) is 0 Å². The highest BCUT2D eigenvalue weighted by molar-refractivity contribution is 7.12.